The minimum Gasteiger partial charge on any atom is -0.463 e. The van der Waals surface area contributed by atoms with Crippen molar-refractivity contribution >= 4 is 44.9 Å². The number of rotatable bonds is 5. The van der Waals surface area contributed by atoms with Crippen LogP contribution in [0.25, 0.3) is 11.2 Å². The number of imidazole rings is 1. The highest BCUT2D eigenvalue weighted by atomic mass is 79.9. The normalized spacial score (nSPS) is 23.4. The van der Waals surface area contributed by atoms with E-state index in [0.29, 0.717) is 16.7 Å². The average molecular weight is 476 g/mol. The van der Waals surface area contributed by atoms with Crippen molar-refractivity contribution in [2.75, 3.05) is 12.3 Å². The lowest BCUT2D eigenvalue weighted by atomic mass is 10.2. The molecule has 0 amide bonds. The van der Waals surface area contributed by atoms with Crippen LogP contribution in [0.1, 0.15) is 23.5 Å². The molecule has 2 aromatic heterocycles. The van der Waals surface area contributed by atoms with Gasteiger partial charge in [0.05, 0.1) is 16.7 Å². The number of carbonyl (C=O) groups excluding carboxylic acids is 2. The maximum atomic E-state index is 12.7. The molecule has 2 N–H and O–H groups in total. The summed E-state index contributed by atoms with van der Waals surface area (Å²) in [4.78, 5) is 35.9. The van der Waals surface area contributed by atoms with Gasteiger partial charge in [0.1, 0.15) is 24.6 Å². The molecule has 11 heteroatoms. The van der Waals surface area contributed by atoms with Crippen LogP contribution in [-0.4, -0.2) is 55.1 Å². The lowest BCUT2D eigenvalue weighted by Gasteiger charge is -2.22. The van der Waals surface area contributed by atoms with Gasteiger partial charge in [-0.1, -0.05) is 34.1 Å². The summed E-state index contributed by atoms with van der Waals surface area (Å²) in [6, 6.07) is 8.62. The number of ether oxygens (including phenoxy) is 3. The molecule has 0 unspecified atom stereocenters. The van der Waals surface area contributed by atoms with Crippen LogP contribution in [0.2, 0.25) is 0 Å². The second-order valence-corrected chi connectivity index (χ2v) is 7.69. The number of nitrogens with zero attached hydrogens (tertiary/aromatic N) is 4. The minimum atomic E-state index is -0.776. The molecule has 4 atom stereocenters. The van der Waals surface area contributed by atoms with Crippen LogP contribution >= 0.6 is 15.9 Å². The number of hydrogen-bond acceptors (Lipinski definition) is 9. The van der Waals surface area contributed by atoms with Crippen LogP contribution in [0.3, 0.4) is 0 Å². The number of esters is 2. The van der Waals surface area contributed by atoms with E-state index in [0.717, 1.165) is 0 Å². The molecule has 10 nitrogen and oxygen atoms in total. The second kappa shape index (κ2) is 8.36. The smallest absolute Gasteiger partial charge is 0.338 e. The number of carbonyl (C=O) groups is 2. The first-order valence-corrected chi connectivity index (χ1v) is 9.99. The Hall–Kier alpha value is -3.05. The van der Waals surface area contributed by atoms with Crippen molar-refractivity contribution in [3.05, 3.63) is 48.5 Å². The third-order valence-corrected chi connectivity index (χ3v) is 5.74. The van der Waals surface area contributed by atoms with Gasteiger partial charge >= 0.3 is 11.9 Å². The Bertz CT molecular complexity index is 1080. The molecule has 1 aromatic carbocycles. The largest absolute Gasteiger partial charge is 0.463 e. The van der Waals surface area contributed by atoms with Crippen LogP contribution < -0.4 is 5.73 Å². The van der Waals surface area contributed by atoms with E-state index >= 15 is 0 Å². The van der Waals surface area contributed by atoms with Gasteiger partial charge in [-0.15, -0.1) is 0 Å². The molecule has 30 heavy (non-hydrogen) atoms. The van der Waals surface area contributed by atoms with Crippen LogP contribution in [0.5, 0.6) is 0 Å². The zero-order valence-corrected chi connectivity index (χ0v) is 17.4. The molecule has 0 bridgehead atoms. The number of aromatic nitrogens is 4. The van der Waals surface area contributed by atoms with Crippen molar-refractivity contribution in [3.8, 4) is 0 Å². The van der Waals surface area contributed by atoms with E-state index in [1.54, 1.807) is 28.8 Å². The number of benzene rings is 1. The van der Waals surface area contributed by atoms with E-state index in [9.17, 15) is 9.59 Å². The van der Waals surface area contributed by atoms with Gasteiger partial charge in [-0.3, -0.25) is 9.36 Å². The van der Waals surface area contributed by atoms with E-state index in [-0.39, 0.29) is 12.4 Å². The molecule has 0 saturated carbocycles. The van der Waals surface area contributed by atoms with E-state index in [2.05, 4.69) is 30.9 Å². The number of fused-ring (bicyclic) bond motifs is 1. The zero-order chi connectivity index (χ0) is 21.3. The average Bonchev–Trinajstić information content (AvgIpc) is 3.30. The minimum absolute atomic E-state index is 0.00904. The van der Waals surface area contributed by atoms with Gasteiger partial charge in [-0.2, -0.15) is 0 Å². The molecule has 0 radical (unpaired) electrons. The number of hydrogen-bond donors (Lipinski definition) is 1. The van der Waals surface area contributed by atoms with Crippen LogP contribution in [0, 0.1) is 0 Å². The van der Waals surface area contributed by atoms with Crippen molar-refractivity contribution in [2.24, 2.45) is 0 Å². The Morgan fingerprint density at radius 3 is 2.73 bits per heavy atom. The summed E-state index contributed by atoms with van der Waals surface area (Å²) in [5.74, 6) is -0.722. The van der Waals surface area contributed by atoms with Crippen LogP contribution in [-0.2, 0) is 19.0 Å². The molecule has 0 spiro atoms. The summed E-state index contributed by atoms with van der Waals surface area (Å²) in [5.41, 5.74) is 7.12. The Labute approximate surface area is 179 Å². The fourth-order valence-corrected chi connectivity index (χ4v) is 3.85. The van der Waals surface area contributed by atoms with E-state index in [4.69, 9.17) is 19.9 Å². The summed E-state index contributed by atoms with van der Waals surface area (Å²) in [5, 5.41) is 0. The molecule has 1 aliphatic heterocycles. The molecule has 3 heterocycles. The van der Waals surface area contributed by atoms with Crippen molar-refractivity contribution in [1.82, 2.24) is 19.5 Å². The first kappa shape index (κ1) is 20.2. The summed E-state index contributed by atoms with van der Waals surface area (Å²) >= 11 is 3.54. The molecular weight excluding hydrogens is 458 g/mol. The Morgan fingerprint density at radius 1 is 1.23 bits per heavy atom. The predicted octanol–water partition coefficient (Wildman–Crippen LogP) is 1.86. The third-order valence-electron chi connectivity index (χ3n) is 4.63. The standard InChI is InChI=1S/C19H18BrN5O5/c1-10(26)28-7-12-13(20)15(30-19(27)11-5-3-2-4-6-11)18(29-12)25-9-24-14-16(21)22-8-23-17(14)25/h2-6,8-9,12-13,15,18H,7H2,1H3,(H2,21,22,23)/t12-,13-,15-,18-/m1/s1. The monoisotopic (exact) mass is 475 g/mol. The Kier molecular flexibility index (Phi) is 5.64. The van der Waals surface area contributed by atoms with Gasteiger partial charge in [0.25, 0.3) is 0 Å². The number of anilines is 1. The summed E-state index contributed by atoms with van der Waals surface area (Å²) < 4.78 is 18.6. The highest BCUT2D eigenvalue weighted by Gasteiger charge is 2.48. The zero-order valence-electron chi connectivity index (χ0n) is 15.8. The van der Waals surface area contributed by atoms with Crippen LogP contribution in [0.4, 0.5) is 5.82 Å². The Balaban J connectivity index is 1.66. The Morgan fingerprint density at radius 2 is 2.00 bits per heavy atom. The van der Waals surface area contributed by atoms with E-state index in [1.807, 2.05) is 6.07 Å². The lowest BCUT2D eigenvalue weighted by Crippen LogP contribution is -2.33. The fraction of sp³-hybridized carbons (Fsp3) is 0.316. The number of alkyl halides is 1. The molecular formula is C19H18BrN5O5. The maximum absolute atomic E-state index is 12.7. The first-order chi connectivity index (χ1) is 14.5. The molecule has 1 saturated heterocycles. The lowest BCUT2D eigenvalue weighted by molar-refractivity contribution is -0.145. The van der Waals surface area contributed by atoms with Gasteiger partial charge < -0.3 is 19.9 Å². The summed E-state index contributed by atoms with van der Waals surface area (Å²) in [7, 11) is 0. The summed E-state index contributed by atoms with van der Waals surface area (Å²) in [6.45, 7) is 1.30. The van der Waals surface area contributed by atoms with Gasteiger partial charge in [-0.05, 0) is 12.1 Å². The number of halogens is 1. The highest BCUT2D eigenvalue weighted by Crippen LogP contribution is 2.38. The molecule has 0 aliphatic carbocycles. The van der Waals surface area contributed by atoms with Crippen LogP contribution in [0.15, 0.2) is 43.0 Å². The van der Waals surface area contributed by atoms with Crippen molar-refractivity contribution in [3.63, 3.8) is 0 Å². The number of nitrogens with two attached hydrogens (primary N) is 1. The van der Waals surface area contributed by atoms with Gasteiger partial charge in [-0.25, -0.2) is 19.7 Å². The highest BCUT2D eigenvalue weighted by molar-refractivity contribution is 9.09. The second-order valence-electron chi connectivity index (χ2n) is 6.63. The quantitative estimate of drug-likeness (QED) is 0.433. The van der Waals surface area contributed by atoms with Gasteiger partial charge in [0.15, 0.2) is 23.8 Å². The SMILES string of the molecule is CC(=O)OC[C@H]1O[C@@H](n2cnc3c(N)ncnc32)[C@H](OC(=O)c2ccccc2)[C@@H]1Br. The summed E-state index contributed by atoms with van der Waals surface area (Å²) in [6.07, 6.45) is 0.716. The van der Waals surface area contributed by atoms with Gasteiger partial charge in [0.2, 0.25) is 0 Å². The van der Waals surface area contributed by atoms with E-state index in [1.165, 1.54) is 19.6 Å². The molecule has 156 valence electrons. The van der Waals surface area contributed by atoms with E-state index < -0.39 is 35.2 Å². The molecule has 1 aliphatic rings. The predicted molar refractivity (Wildman–Crippen MR) is 109 cm³/mol. The molecule has 4 rings (SSSR count). The first-order valence-electron chi connectivity index (χ1n) is 9.07. The third kappa shape index (κ3) is 3.85. The maximum Gasteiger partial charge on any atom is 0.338 e. The van der Waals surface area contributed by atoms with Crippen molar-refractivity contribution in [1.29, 1.82) is 0 Å². The van der Waals surface area contributed by atoms with Crippen molar-refractivity contribution in [2.45, 2.75) is 30.2 Å². The van der Waals surface area contributed by atoms with Gasteiger partial charge in [0, 0.05) is 6.92 Å². The fourth-order valence-electron chi connectivity index (χ4n) is 3.20. The topological polar surface area (TPSA) is 131 Å². The van der Waals surface area contributed by atoms with Crippen molar-refractivity contribution < 1.29 is 23.8 Å². The molecule has 3 aromatic rings. The number of nitrogen functional groups attached to an aromatic ring is 1. The molecule has 1 fully saturated rings.